The van der Waals surface area contributed by atoms with Crippen LogP contribution in [-0.4, -0.2) is 66.1 Å². The van der Waals surface area contributed by atoms with Gasteiger partial charge in [0.05, 0.1) is 6.61 Å². The van der Waals surface area contributed by atoms with Crippen LogP contribution in [0.3, 0.4) is 0 Å². The lowest BCUT2D eigenvalue weighted by Gasteiger charge is -2.33. The zero-order chi connectivity index (χ0) is 15.2. The fourth-order valence-corrected chi connectivity index (χ4v) is 2.37. The van der Waals surface area contributed by atoms with Gasteiger partial charge >= 0.3 is 11.8 Å². The number of nitrogens with zero attached hydrogens (tertiary/aromatic N) is 2. The molecule has 0 atom stereocenters. The van der Waals surface area contributed by atoms with Gasteiger partial charge in [-0.05, 0) is 24.6 Å². The number of aliphatic hydroxyl groups excluding tert-OH is 1. The SMILES string of the molecule is Cc1cccc(NC(=O)C(=O)N2CCN(CCO)CC2)c1. The summed E-state index contributed by atoms with van der Waals surface area (Å²) in [5.74, 6) is -1.10. The van der Waals surface area contributed by atoms with E-state index in [4.69, 9.17) is 5.11 Å². The van der Waals surface area contributed by atoms with Gasteiger partial charge in [-0.1, -0.05) is 12.1 Å². The van der Waals surface area contributed by atoms with E-state index in [0.29, 0.717) is 38.4 Å². The topological polar surface area (TPSA) is 72.9 Å². The Morgan fingerprint density at radius 1 is 1.24 bits per heavy atom. The van der Waals surface area contributed by atoms with Gasteiger partial charge in [0, 0.05) is 38.4 Å². The number of rotatable bonds is 3. The van der Waals surface area contributed by atoms with Crippen LogP contribution < -0.4 is 5.32 Å². The Morgan fingerprint density at radius 2 is 1.95 bits per heavy atom. The molecule has 1 aliphatic heterocycles. The highest BCUT2D eigenvalue weighted by atomic mass is 16.3. The molecule has 0 aliphatic carbocycles. The van der Waals surface area contributed by atoms with Crippen molar-refractivity contribution in [1.29, 1.82) is 0 Å². The summed E-state index contributed by atoms with van der Waals surface area (Å²) in [5.41, 5.74) is 1.66. The van der Waals surface area contributed by atoms with Crippen molar-refractivity contribution in [2.24, 2.45) is 0 Å². The molecular weight excluding hydrogens is 270 g/mol. The lowest BCUT2D eigenvalue weighted by molar-refractivity contribution is -0.144. The lowest BCUT2D eigenvalue weighted by atomic mass is 10.2. The third-order valence-corrected chi connectivity index (χ3v) is 3.55. The monoisotopic (exact) mass is 291 g/mol. The van der Waals surface area contributed by atoms with Gasteiger partial charge in [-0.25, -0.2) is 0 Å². The van der Waals surface area contributed by atoms with Crippen molar-refractivity contribution in [2.75, 3.05) is 44.6 Å². The molecule has 1 aliphatic rings. The molecule has 1 fully saturated rings. The van der Waals surface area contributed by atoms with E-state index in [1.807, 2.05) is 25.1 Å². The lowest BCUT2D eigenvalue weighted by Crippen LogP contribution is -2.52. The molecule has 21 heavy (non-hydrogen) atoms. The number of hydrogen-bond donors (Lipinski definition) is 2. The number of aliphatic hydroxyl groups is 1. The molecule has 114 valence electrons. The first-order valence-corrected chi connectivity index (χ1v) is 7.10. The normalized spacial score (nSPS) is 15.8. The van der Waals surface area contributed by atoms with Crippen molar-refractivity contribution in [3.63, 3.8) is 0 Å². The Bertz CT molecular complexity index is 511. The van der Waals surface area contributed by atoms with E-state index in [1.54, 1.807) is 11.0 Å². The van der Waals surface area contributed by atoms with Crippen LogP contribution >= 0.6 is 0 Å². The van der Waals surface area contributed by atoms with Crippen LogP contribution in [0, 0.1) is 6.92 Å². The van der Waals surface area contributed by atoms with Crippen LogP contribution in [0.25, 0.3) is 0 Å². The summed E-state index contributed by atoms with van der Waals surface area (Å²) in [5, 5.41) is 11.5. The first kappa shape index (κ1) is 15.5. The van der Waals surface area contributed by atoms with Crippen LogP contribution in [0.4, 0.5) is 5.69 Å². The summed E-state index contributed by atoms with van der Waals surface area (Å²) in [6, 6.07) is 7.35. The van der Waals surface area contributed by atoms with Crippen LogP contribution in [0.2, 0.25) is 0 Å². The first-order chi connectivity index (χ1) is 10.1. The zero-order valence-electron chi connectivity index (χ0n) is 12.2. The standard InChI is InChI=1S/C15H21N3O3/c1-12-3-2-4-13(11-12)16-14(20)15(21)18-7-5-17(6-8-18)9-10-19/h2-4,11,19H,5-10H2,1H3,(H,16,20). The van der Waals surface area contributed by atoms with E-state index in [0.717, 1.165) is 5.56 Å². The fraction of sp³-hybridized carbons (Fsp3) is 0.467. The van der Waals surface area contributed by atoms with Gasteiger partial charge in [-0.15, -0.1) is 0 Å². The second-order valence-corrected chi connectivity index (χ2v) is 5.18. The summed E-state index contributed by atoms with van der Waals surface area (Å²) in [6.07, 6.45) is 0. The van der Waals surface area contributed by atoms with E-state index in [9.17, 15) is 9.59 Å². The maximum Gasteiger partial charge on any atom is 0.313 e. The third kappa shape index (κ3) is 4.27. The van der Waals surface area contributed by atoms with Crippen molar-refractivity contribution in [3.8, 4) is 0 Å². The van der Waals surface area contributed by atoms with Crippen molar-refractivity contribution in [3.05, 3.63) is 29.8 Å². The van der Waals surface area contributed by atoms with E-state index in [2.05, 4.69) is 10.2 Å². The molecular formula is C15H21N3O3. The number of nitrogens with one attached hydrogen (secondary N) is 1. The van der Waals surface area contributed by atoms with Crippen molar-refractivity contribution in [2.45, 2.75) is 6.92 Å². The summed E-state index contributed by atoms with van der Waals surface area (Å²) >= 11 is 0. The molecule has 2 amide bonds. The average Bonchev–Trinajstić information content (AvgIpc) is 2.47. The molecule has 1 aromatic carbocycles. The molecule has 1 aromatic rings. The average molecular weight is 291 g/mol. The Kier molecular flexibility index (Phi) is 5.30. The van der Waals surface area contributed by atoms with E-state index >= 15 is 0 Å². The van der Waals surface area contributed by atoms with Crippen molar-refractivity contribution in [1.82, 2.24) is 9.80 Å². The van der Waals surface area contributed by atoms with E-state index in [-0.39, 0.29) is 6.61 Å². The highest BCUT2D eigenvalue weighted by Crippen LogP contribution is 2.10. The highest BCUT2D eigenvalue weighted by molar-refractivity contribution is 6.39. The molecule has 6 nitrogen and oxygen atoms in total. The van der Waals surface area contributed by atoms with Crippen molar-refractivity contribution < 1.29 is 14.7 Å². The molecule has 0 saturated carbocycles. The van der Waals surface area contributed by atoms with Crippen LogP contribution in [0.5, 0.6) is 0 Å². The number of anilines is 1. The molecule has 0 aromatic heterocycles. The van der Waals surface area contributed by atoms with E-state index in [1.165, 1.54) is 0 Å². The predicted molar refractivity (Wildman–Crippen MR) is 79.9 cm³/mol. The number of carbonyl (C=O) groups excluding carboxylic acids is 2. The molecule has 0 unspecified atom stereocenters. The molecule has 2 N–H and O–H groups in total. The van der Waals surface area contributed by atoms with Gasteiger partial charge in [-0.2, -0.15) is 0 Å². The number of piperazine rings is 1. The van der Waals surface area contributed by atoms with Gasteiger partial charge in [-0.3, -0.25) is 14.5 Å². The number of β-amino-alcohol motifs (C(OH)–C–C–N with tert-alkyl or cyclic N) is 1. The first-order valence-electron chi connectivity index (χ1n) is 7.10. The van der Waals surface area contributed by atoms with Crippen LogP contribution in [-0.2, 0) is 9.59 Å². The number of amides is 2. The molecule has 0 bridgehead atoms. The quantitative estimate of drug-likeness (QED) is 0.773. The van der Waals surface area contributed by atoms with Crippen LogP contribution in [0.15, 0.2) is 24.3 Å². The summed E-state index contributed by atoms with van der Waals surface area (Å²) < 4.78 is 0. The smallest absolute Gasteiger partial charge is 0.313 e. The fourth-order valence-electron chi connectivity index (χ4n) is 2.37. The maximum atomic E-state index is 12.1. The molecule has 0 radical (unpaired) electrons. The van der Waals surface area contributed by atoms with Gasteiger partial charge in [0.25, 0.3) is 0 Å². The molecule has 0 spiro atoms. The highest BCUT2D eigenvalue weighted by Gasteiger charge is 2.25. The Hall–Kier alpha value is -1.92. The predicted octanol–water partition coefficient (Wildman–Crippen LogP) is 0.0700. The summed E-state index contributed by atoms with van der Waals surface area (Å²) in [6.45, 7) is 5.05. The molecule has 1 heterocycles. The molecule has 6 heteroatoms. The minimum Gasteiger partial charge on any atom is -0.395 e. The Morgan fingerprint density at radius 3 is 2.57 bits per heavy atom. The number of benzene rings is 1. The van der Waals surface area contributed by atoms with Crippen molar-refractivity contribution >= 4 is 17.5 Å². The third-order valence-electron chi connectivity index (χ3n) is 3.55. The van der Waals surface area contributed by atoms with Gasteiger partial charge in [0.1, 0.15) is 0 Å². The largest absolute Gasteiger partial charge is 0.395 e. The molecule has 1 saturated heterocycles. The van der Waals surface area contributed by atoms with Gasteiger partial charge in [0.2, 0.25) is 0 Å². The second-order valence-electron chi connectivity index (χ2n) is 5.18. The molecule has 2 rings (SSSR count). The second kappa shape index (κ2) is 7.19. The maximum absolute atomic E-state index is 12.1. The van der Waals surface area contributed by atoms with Gasteiger partial charge in [0.15, 0.2) is 0 Å². The Balaban J connectivity index is 1.87. The van der Waals surface area contributed by atoms with E-state index < -0.39 is 11.8 Å². The van der Waals surface area contributed by atoms with Crippen LogP contribution in [0.1, 0.15) is 5.56 Å². The number of aryl methyl sites for hydroxylation is 1. The Labute approximate surface area is 124 Å². The van der Waals surface area contributed by atoms with Gasteiger partial charge < -0.3 is 15.3 Å². The minimum absolute atomic E-state index is 0.113. The number of hydrogen-bond acceptors (Lipinski definition) is 4. The zero-order valence-corrected chi connectivity index (χ0v) is 12.2. The number of carbonyl (C=O) groups is 2. The summed E-state index contributed by atoms with van der Waals surface area (Å²) in [7, 11) is 0. The summed E-state index contributed by atoms with van der Waals surface area (Å²) in [4.78, 5) is 27.7. The minimum atomic E-state index is -0.601.